The van der Waals surface area contributed by atoms with Crippen LogP contribution in [-0.2, 0) is 4.79 Å². The minimum Gasteiger partial charge on any atom is -0.356 e. The molecule has 0 aromatic rings. The third-order valence-electron chi connectivity index (χ3n) is 4.01. The van der Waals surface area contributed by atoms with E-state index in [9.17, 15) is 4.79 Å². The lowest BCUT2D eigenvalue weighted by Crippen LogP contribution is -2.44. The van der Waals surface area contributed by atoms with Crippen molar-refractivity contribution in [3.63, 3.8) is 0 Å². The fourth-order valence-electron chi connectivity index (χ4n) is 2.50. The molecule has 1 unspecified atom stereocenters. The Morgan fingerprint density at radius 2 is 2.25 bits per heavy atom. The van der Waals surface area contributed by atoms with E-state index in [1.54, 1.807) is 0 Å². The van der Waals surface area contributed by atoms with Crippen molar-refractivity contribution in [2.45, 2.75) is 39.0 Å². The minimum atomic E-state index is -0.0338. The first kappa shape index (κ1) is 13.8. The van der Waals surface area contributed by atoms with Gasteiger partial charge in [-0.1, -0.05) is 13.3 Å². The van der Waals surface area contributed by atoms with E-state index in [0.717, 1.165) is 44.8 Å². The zero-order chi connectivity index (χ0) is 10.7. The molecule has 1 aliphatic carbocycles. The maximum atomic E-state index is 11.8. The van der Waals surface area contributed by atoms with Gasteiger partial charge < -0.3 is 10.6 Å². The lowest BCUT2D eigenvalue weighted by atomic mass is 9.70. The molecule has 0 spiro atoms. The summed E-state index contributed by atoms with van der Waals surface area (Å²) in [7, 11) is 0. The standard InChI is InChI=1S/C12H22N2O.ClH/c1-12(5-2-6-12)11(15)14-8-4-10-3-7-13-9-10;/h10,13H,2-9H2,1H3,(H,14,15);1H. The van der Waals surface area contributed by atoms with Crippen LogP contribution >= 0.6 is 12.4 Å². The molecule has 0 bridgehead atoms. The second-order valence-corrected chi connectivity index (χ2v) is 5.32. The van der Waals surface area contributed by atoms with Gasteiger partial charge in [0.05, 0.1) is 0 Å². The molecule has 0 aromatic heterocycles. The number of hydrogen-bond acceptors (Lipinski definition) is 2. The molecule has 1 atom stereocenters. The van der Waals surface area contributed by atoms with Gasteiger partial charge >= 0.3 is 0 Å². The number of nitrogens with one attached hydrogen (secondary N) is 2. The van der Waals surface area contributed by atoms with Crippen LogP contribution in [0.25, 0.3) is 0 Å². The summed E-state index contributed by atoms with van der Waals surface area (Å²) in [6.07, 6.45) is 5.77. The number of halogens is 1. The van der Waals surface area contributed by atoms with E-state index < -0.39 is 0 Å². The van der Waals surface area contributed by atoms with Crippen LogP contribution in [0.1, 0.15) is 39.0 Å². The van der Waals surface area contributed by atoms with Crippen LogP contribution in [0.5, 0.6) is 0 Å². The highest BCUT2D eigenvalue weighted by atomic mass is 35.5. The van der Waals surface area contributed by atoms with Gasteiger partial charge in [-0.3, -0.25) is 4.79 Å². The van der Waals surface area contributed by atoms with Crippen LogP contribution in [0.2, 0.25) is 0 Å². The Balaban J connectivity index is 0.00000128. The molecule has 1 saturated heterocycles. The quantitative estimate of drug-likeness (QED) is 0.793. The molecule has 94 valence electrons. The third-order valence-corrected chi connectivity index (χ3v) is 4.01. The van der Waals surface area contributed by atoms with Crippen LogP contribution < -0.4 is 10.6 Å². The Hall–Kier alpha value is -0.280. The molecule has 0 aromatic carbocycles. The van der Waals surface area contributed by atoms with Gasteiger partial charge in [0, 0.05) is 12.0 Å². The summed E-state index contributed by atoms with van der Waals surface area (Å²) >= 11 is 0. The highest BCUT2D eigenvalue weighted by Gasteiger charge is 2.38. The predicted octanol–water partition coefficient (Wildman–Crippen LogP) is 1.71. The van der Waals surface area contributed by atoms with E-state index in [1.165, 1.54) is 12.8 Å². The molecule has 1 amide bonds. The summed E-state index contributed by atoms with van der Waals surface area (Å²) in [6.45, 7) is 5.23. The van der Waals surface area contributed by atoms with Crippen molar-refractivity contribution in [2.75, 3.05) is 19.6 Å². The molecule has 2 aliphatic rings. The van der Waals surface area contributed by atoms with E-state index in [1.807, 2.05) is 0 Å². The van der Waals surface area contributed by atoms with Crippen molar-refractivity contribution in [3.8, 4) is 0 Å². The molecule has 2 rings (SSSR count). The molecular weight excluding hydrogens is 224 g/mol. The summed E-state index contributed by atoms with van der Waals surface area (Å²) < 4.78 is 0. The minimum absolute atomic E-state index is 0. The highest BCUT2D eigenvalue weighted by molar-refractivity contribution is 5.85. The van der Waals surface area contributed by atoms with E-state index >= 15 is 0 Å². The average Bonchev–Trinajstić information content (AvgIpc) is 2.66. The molecule has 2 N–H and O–H groups in total. The van der Waals surface area contributed by atoms with Crippen molar-refractivity contribution in [3.05, 3.63) is 0 Å². The Bertz CT molecular complexity index is 235. The van der Waals surface area contributed by atoms with E-state index in [4.69, 9.17) is 0 Å². The zero-order valence-electron chi connectivity index (χ0n) is 10.1. The van der Waals surface area contributed by atoms with E-state index in [2.05, 4.69) is 17.6 Å². The fraction of sp³-hybridized carbons (Fsp3) is 0.917. The molecule has 1 aliphatic heterocycles. The Morgan fingerprint density at radius 1 is 1.50 bits per heavy atom. The highest BCUT2D eigenvalue weighted by Crippen LogP contribution is 2.40. The van der Waals surface area contributed by atoms with Gasteiger partial charge in [-0.25, -0.2) is 0 Å². The van der Waals surface area contributed by atoms with Gasteiger partial charge in [0.15, 0.2) is 0 Å². The van der Waals surface area contributed by atoms with Crippen LogP contribution in [0.3, 0.4) is 0 Å². The van der Waals surface area contributed by atoms with Crippen molar-refractivity contribution in [2.24, 2.45) is 11.3 Å². The van der Waals surface area contributed by atoms with Crippen molar-refractivity contribution in [1.29, 1.82) is 0 Å². The molecular formula is C12H23ClN2O. The zero-order valence-corrected chi connectivity index (χ0v) is 10.9. The van der Waals surface area contributed by atoms with Crippen LogP contribution in [0.15, 0.2) is 0 Å². The maximum Gasteiger partial charge on any atom is 0.225 e. The number of hydrogen-bond donors (Lipinski definition) is 2. The Kier molecular flexibility index (Phi) is 5.06. The van der Waals surface area contributed by atoms with Gasteiger partial charge in [-0.05, 0) is 44.7 Å². The summed E-state index contributed by atoms with van der Waals surface area (Å²) in [5.74, 6) is 1.05. The smallest absolute Gasteiger partial charge is 0.225 e. The molecule has 16 heavy (non-hydrogen) atoms. The normalized spacial score (nSPS) is 26.7. The van der Waals surface area contributed by atoms with Crippen LogP contribution in [0.4, 0.5) is 0 Å². The van der Waals surface area contributed by atoms with Crippen molar-refractivity contribution in [1.82, 2.24) is 10.6 Å². The van der Waals surface area contributed by atoms with Crippen molar-refractivity contribution >= 4 is 18.3 Å². The molecule has 2 fully saturated rings. The number of rotatable bonds is 4. The summed E-state index contributed by atoms with van der Waals surface area (Å²) in [6, 6.07) is 0. The first-order valence-electron chi connectivity index (χ1n) is 6.20. The van der Waals surface area contributed by atoms with Crippen molar-refractivity contribution < 1.29 is 4.79 Å². The topological polar surface area (TPSA) is 41.1 Å². The molecule has 1 heterocycles. The fourth-order valence-corrected chi connectivity index (χ4v) is 2.50. The van der Waals surface area contributed by atoms with E-state index in [0.29, 0.717) is 0 Å². The summed E-state index contributed by atoms with van der Waals surface area (Å²) in [5.41, 5.74) is -0.0338. The first-order chi connectivity index (χ1) is 7.21. The second-order valence-electron chi connectivity index (χ2n) is 5.32. The number of carbonyl (C=O) groups excluding carboxylic acids is 1. The molecule has 1 saturated carbocycles. The average molecular weight is 247 g/mol. The van der Waals surface area contributed by atoms with Gasteiger partial charge in [-0.15, -0.1) is 12.4 Å². The Morgan fingerprint density at radius 3 is 2.75 bits per heavy atom. The molecule has 0 radical (unpaired) electrons. The van der Waals surface area contributed by atoms with Crippen LogP contribution in [-0.4, -0.2) is 25.5 Å². The lowest BCUT2D eigenvalue weighted by Gasteiger charge is -2.36. The summed E-state index contributed by atoms with van der Waals surface area (Å²) in [5, 5.41) is 6.44. The molecule has 3 nitrogen and oxygen atoms in total. The van der Waals surface area contributed by atoms with E-state index in [-0.39, 0.29) is 23.7 Å². The largest absolute Gasteiger partial charge is 0.356 e. The van der Waals surface area contributed by atoms with Gasteiger partial charge in [0.2, 0.25) is 5.91 Å². The summed E-state index contributed by atoms with van der Waals surface area (Å²) in [4.78, 5) is 11.8. The maximum absolute atomic E-state index is 11.8. The second kappa shape index (κ2) is 5.87. The van der Waals surface area contributed by atoms with Gasteiger partial charge in [0.25, 0.3) is 0 Å². The first-order valence-corrected chi connectivity index (χ1v) is 6.20. The number of carbonyl (C=O) groups is 1. The van der Waals surface area contributed by atoms with Crippen LogP contribution in [0, 0.1) is 11.3 Å². The monoisotopic (exact) mass is 246 g/mol. The lowest BCUT2D eigenvalue weighted by molar-refractivity contribution is -0.134. The molecule has 4 heteroatoms. The third kappa shape index (κ3) is 3.11. The van der Waals surface area contributed by atoms with Gasteiger partial charge in [-0.2, -0.15) is 0 Å². The SMILES string of the molecule is CC1(C(=O)NCCC2CCNC2)CCC1.Cl. The number of amides is 1. The Labute approximate surface area is 104 Å². The van der Waals surface area contributed by atoms with Gasteiger partial charge in [0.1, 0.15) is 0 Å². The predicted molar refractivity (Wildman–Crippen MR) is 67.8 cm³/mol.